The monoisotopic (exact) mass is 191 g/mol. The van der Waals surface area contributed by atoms with Gasteiger partial charge in [0.15, 0.2) is 11.6 Å². The second kappa shape index (κ2) is 3.21. The average molecular weight is 191 g/mol. The minimum absolute atomic E-state index is 0.288. The molecule has 0 aliphatic rings. The molecule has 0 unspecified atom stereocenters. The first-order valence-corrected chi connectivity index (χ1v) is 4.30. The van der Waals surface area contributed by atoms with E-state index in [0.29, 0.717) is 0 Å². The summed E-state index contributed by atoms with van der Waals surface area (Å²) in [6, 6.07) is 1.46. The third kappa shape index (κ3) is 1.51. The summed E-state index contributed by atoms with van der Waals surface area (Å²) < 4.78 is 15.0. The van der Waals surface area contributed by atoms with Crippen LogP contribution >= 0.6 is 0 Å². The lowest BCUT2D eigenvalue weighted by Crippen LogP contribution is -1.98. The number of rotatable bonds is 1. The summed E-state index contributed by atoms with van der Waals surface area (Å²) >= 11 is 0. The number of hydrogen-bond donors (Lipinski definition) is 0. The van der Waals surface area contributed by atoms with Gasteiger partial charge < -0.3 is 0 Å². The summed E-state index contributed by atoms with van der Waals surface area (Å²) in [6.07, 6.45) is 4.92. The number of aryl methyl sites for hydroxylation is 2. The van der Waals surface area contributed by atoms with Crippen LogP contribution in [0.1, 0.15) is 11.3 Å². The molecule has 2 aromatic heterocycles. The fourth-order valence-corrected chi connectivity index (χ4v) is 1.25. The number of hydrogen-bond acceptors (Lipinski definition) is 2. The van der Waals surface area contributed by atoms with Gasteiger partial charge in [0.05, 0.1) is 5.69 Å². The molecule has 14 heavy (non-hydrogen) atoms. The molecular formula is C10H10FN3. The van der Waals surface area contributed by atoms with Crippen LogP contribution in [0.4, 0.5) is 4.39 Å². The zero-order valence-corrected chi connectivity index (χ0v) is 8.03. The number of pyridine rings is 1. The van der Waals surface area contributed by atoms with Gasteiger partial charge in [0.25, 0.3) is 0 Å². The highest BCUT2D eigenvalue weighted by Gasteiger charge is 2.05. The smallest absolute Gasteiger partial charge is 0.174 e. The van der Waals surface area contributed by atoms with Crippen molar-refractivity contribution in [3.63, 3.8) is 0 Å². The zero-order valence-electron chi connectivity index (χ0n) is 8.03. The first-order chi connectivity index (χ1) is 6.66. The maximum Gasteiger partial charge on any atom is 0.174 e. The van der Waals surface area contributed by atoms with Crippen molar-refractivity contribution >= 4 is 0 Å². The molecule has 0 N–H and O–H groups in total. The Balaban J connectivity index is 2.52. The largest absolute Gasteiger partial charge is 0.288 e. The van der Waals surface area contributed by atoms with Crippen LogP contribution in [0.2, 0.25) is 0 Å². The van der Waals surface area contributed by atoms with E-state index in [1.807, 2.05) is 6.92 Å². The quantitative estimate of drug-likeness (QED) is 0.690. The predicted octanol–water partition coefficient (Wildman–Crippen LogP) is 2.02. The topological polar surface area (TPSA) is 30.7 Å². The fourth-order valence-electron chi connectivity index (χ4n) is 1.25. The highest BCUT2D eigenvalue weighted by atomic mass is 19.1. The summed E-state index contributed by atoms with van der Waals surface area (Å²) in [5.74, 6) is -0.0430. The van der Waals surface area contributed by atoms with E-state index in [1.165, 1.54) is 6.07 Å². The van der Waals surface area contributed by atoms with Gasteiger partial charge in [-0.2, -0.15) is 0 Å². The molecular weight excluding hydrogens is 181 g/mol. The van der Waals surface area contributed by atoms with Crippen LogP contribution in [0.5, 0.6) is 0 Å². The molecule has 4 heteroatoms. The Labute approximate surface area is 81.2 Å². The van der Waals surface area contributed by atoms with Crippen molar-refractivity contribution in [3.8, 4) is 5.82 Å². The normalized spacial score (nSPS) is 10.5. The lowest BCUT2D eigenvalue weighted by Gasteiger charge is -2.02. The minimum atomic E-state index is -0.331. The van der Waals surface area contributed by atoms with Crippen molar-refractivity contribution in [2.45, 2.75) is 13.8 Å². The van der Waals surface area contributed by atoms with Gasteiger partial charge in [0.2, 0.25) is 0 Å². The van der Waals surface area contributed by atoms with E-state index in [-0.39, 0.29) is 11.6 Å². The number of nitrogens with zero attached hydrogens (tertiary/aromatic N) is 3. The molecule has 0 atom stereocenters. The Morgan fingerprint density at radius 2 is 2.07 bits per heavy atom. The maximum atomic E-state index is 13.4. The lowest BCUT2D eigenvalue weighted by atomic mass is 10.3. The van der Waals surface area contributed by atoms with Gasteiger partial charge in [0.1, 0.15) is 6.33 Å². The van der Waals surface area contributed by atoms with Crippen LogP contribution in [-0.4, -0.2) is 14.5 Å². The van der Waals surface area contributed by atoms with Crippen molar-refractivity contribution in [3.05, 3.63) is 41.9 Å². The molecule has 0 aromatic carbocycles. The third-order valence-corrected chi connectivity index (χ3v) is 1.91. The van der Waals surface area contributed by atoms with Crippen LogP contribution in [0.25, 0.3) is 5.82 Å². The molecule has 0 saturated heterocycles. The Bertz CT molecular complexity index is 462. The SMILES string of the molecule is Cc1cnc(-n2cnc(C)c2)c(F)c1. The van der Waals surface area contributed by atoms with E-state index < -0.39 is 0 Å². The van der Waals surface area contributed by atoms with Crippen molar-refractivity contribution in [2.24, 2.45) is 0 Å². The molecule has 2 aromatic rings. The molecule has 0 aliphatic heterocycles. The maximum absolute atomic E-state index is 13.4. The molecule has 0 spiro atoms. The molecule has 0 radical (unpaired) electrons. The van der Waals surface area contributed by atoms with E-state index >= 15 is 0 Å². The highest BCUT2D eigenvalue weighted by Crippen LogP contribution is 2.11. The highest BCUT2D eigenvalue weighted by molar-refractivity contribution is 5.27. The van der Waals surface area contributed by atoms with Gasteiger partial charge in [-0.15, -0.1) is 0 Å². The summed E-state index contributed by atoms with van der Waals surface area (Å²) in [5, 5.41) is 0. The summed E-state index contributed by atoms with van der Waals surface area (Å²) in [5.41, 5.74) is 1.65. The average Bonchev–Trinajstić information content (AvgIpc) is 2.51. The molecule has 0 amide bonds. The van der Waals surface area contributed by atoms with Crippen molar-refractivity contribution in [1.29, 1.82) is 0 Å². The second-order valence-corrected chi connectivity index (χ2v) is 3.24. The number of aromatic nitrogens is 3. The molecule has 0 aliphatic carbocycles. The molecule has 0 bridgehead atoms. The Hall–Kier alpha value is -1.71. The van der Waals surface area contributed by atoms with Gasteiger partial charge >= 0.3 is 0 Å². The third-order valence-electron chi connectivity index (χ3n) is 1.91. The molecule has 72 valence electrons. The van der Waals surface area contributed by atoms with E-state index in [2.05, 4.69) is 9.97 Å². The fraction of sp³-hybridized carbons (Fsp3) is 0.200. The van der Waals surface area contributed by atoms with Crippen LogP contribution in [0.3, 0.4) is 0 Å². The lowest BCUT2D eigenvalue weighted by molar-refractivity contribution is 0.608. The van der Waals surface area contributed by atoms with E-state index in [0.717, 1.165) is 11.3 Å². The Kier molecular flexibility index (Phi) is 2.04. The van der Waals surface area contributed by atoms with E-state index in [4.69, 9.17) is 0 Å². The van der Waals surface area contributed by atoms with Gasteiger partial charge in [-0.1, -0.05) is 0 Å². The van der Waals surface area contributed by atoms with E-state index in [9.17, 15) is 4.39 Å². The first kappa shape index (κ1) is 8.87. The molecule has 0 saturated carbocycles. The Morgan fingerprint density at radius 1 is 1.29 bits per heavy atom. The first-order valence-electron chi connectivity index (χ1n) is 4.30. The van der Waals surface area contributed by atoms with E-state index in [1.54, 1.807) is 30.2 Å². The molecule has 3 nitrogen and oxygen atoms in total. The molecule has 2 rings (SSSR count). The Morgan fingerprint density at radius 3 is 2.64 bits per heavy atom. The van der Waals surface area contributed by atoms with Crippen molar-refractivity contribution in [1.82, 2.24) is 14.5 Å². The predicted molar refractivity (Wildman–Crippen MR) is 50.8 cm³/mol. The summed E-state index contributed by atoms with van der Waals surface area (Å²) in [6.45, 7) is 3.65. The summed E-state index contributed by atoms with van der Waals surface area (Å²) in [7, 11) is 0. The standard InChI is InChI=1S/C10H10FN3/c1-7-3-9(11)10(12-4-7)14-5-8(2)13-6-14/h3-6H,1-2H3. The second-order valence-electron chi connectivity index (χ2n) is 3.24. The molecule has 2 heterocycles. The zero-order chi connectivity index (χ0) is 10.1. The van der Waals surface area contributed by atoms with Crippen molar-refractivity contribution in [2.75, 3.05) is 0 Å². The molecule has 0 fully saturated rings. The van der Waals surface area contributed by atoms with Crippen LogP contribution in [0.15, 0.2) is 24.8 Å². The van der Waals surface area contributed by atoms with Crippen LogP contribution < -0.4 is 0 Å². The van der Waals surface area contributed by atoms with Gasteiger partial charge in [0, 0.05) is 12.4 Å². The van der Waals surface area contributed by atoms with Gasteiger partial charge in [-0.25, -0.2) is 14.4 Å². The summed E-state index contributed by atoms with van der Waals surface area (Å²) in [4.78, 5) is 8.02. The van der Waals surface area contributed by atoms with Crippen molar-refractivity contribution < 1.29 is 4.39 Å². The minimum Gasteiger partial charge on any atom is -0.288 e. The van der Waals surface area contributed by atoms with Gasteiger partial charge in [-0.05, 0) is 25.5 Å². The number of halogens is 1. The van der Waals surface area contributed by atoms with Gasteiger partial charge in [-0.3, -0.25) is 4.57 Å². The number of imidazole rings is 1. The van der Waals surface area contributed by atoms with Crippen LogP contribution in [-0.2, 0) is 0 Å². The van der Waals surface area contributed by atoms with Crippen LogP contribution in [0, 0.1) is 19.7 Å².